The van der Waals surface area contributed by atoms with Crippen LogP contribution < -0.4 is 15.4 Å². The third-order valence-corrected chi connectivity index (χ3v) is 3.55. The van der Waals surface area contributed by atoms with Crippen molar-refractivity contribution in [2.45, 2.75) is 20.0 Å². The van der Waals surface area contributed by atoms with Crippen LogP contribution in [0.1, 0.15) is 13.8 Å². The number of pyridine rings is 2. The van der Waals surface area contributed by atoms with E-state index in [-0.39, 0.29) is 6.10 Å². The van der Waals surface area contributed by atoms with E-state index in [0.717, 1.165) is 22.3 Å². The fraction of sp³-hybridized carbons (Fsp3) is 0.263. The van der Waals surface area contributed by atoms with Crippen molar-refractivity contribution in [2.24, 2.45) is 0 Å². The Hall–Kier alpha value is -2.89. The van der Waals surface area contributed by atoms with Gasteiger partial charge in [-0.25, -0.2) is 4.98 Å². The normalized spacial score (nSPS) is 10.9. The van der Waals surface area contributed by atoms with Gasteiger partial charge in [-0.1, -0.05) is 6.07 Å². The highest BCUT2D eigenvalue weighted by atomic mass is 19.1. The first-order valence-corrected chi connectivity index (χ1v) is 8.27. The maximum atomic E-state index is 13.0. The Bertz CT molecular complexity index is 854. The van der Waals surface area contributed by atoms with Gasteiger partial charge in [0.25, 0.3) is 0 Å². The number of nitrogens with zero attached hydrogens (tertiary/aromatic N) is 2. The molecule has 0 fully saturated rings. The summed E-state index contributed by atoms with van der Waals surface area (Å²) in [5.41, 5.74) is 1.87. The van der Waals surface area contributed by atoms with E-state index in [1.54, 1.807) is 18.3 Å². The molecule has 2 aromatic heterocycles. The molecule has 25 heavy (non-hydrogen) atoms. The molecular formula is C19H21FN4O. The summed E-state index contributed by atoms with van der Waals surface area (Å²) in [4.78, 5) is 8.18. The first-order chi connectivity index (χ1) is 12.1. The predicted octanol–water partition coefficient (Wildman–Crippen LogP) is 4.08. The number of benzene rings is 1. The fourth-order valence-electron chi connectivity index (χ4n) is 2.52. The van der Waals surface area contributed by atoms with Crippen molar-refractivity contribution in [3.05, 3.63) is 54.6 Å². The number of anilines is 2. The molecule has 0 aliphatic carbocycles. The molecule has 5 nitrogen and oxygen atoms in total. The van der Waals surface area contributed by atoms with Crippen molar-refractivity contribution in [1.29, 1.82) is 0 Å². The number of halogens is 1. The minimum absolute atomic E-state index is 0.126. The molecule has 6 heteroatoms. The summed E-state index contributed by atoms with van der Waals surface area (Å²) in [6.45, 7) is 5.28. The molecule has 1 aromatic carbocycles. The van der Waals surface area contributed by atoms with Gasteiger partial charge in [0.05, 0.1) is 11.6 Å². The minimum Gasteiger partial charge on any atom is -0.491 e. The molecule has 0 radical (unpaired) electrons. The summed E-state index contributed by atoms with van der Waals surface area (Å²) in [6, 6.07) is 12.5. The molecule has 130 valence electrons. The van der Waals surface area contributed by atoms with Gasteiger partial charge in [-0.05, 0) is 44.2 Å². The second-order valence-electron chi connectivity index (χ2n) is 5.90. The zero-order valence-corrected chi connectivity index (χ0v) is 14.3. The van der Waals surface area contributed by atoms with Crippen LogP contribution >= 0.6 is 0 Å². The lowest BCUT2D eigenvalue weighted by Crippen LogP contribution is -2.14. The number of ether oxygens (including phenoxy) is 1. The quantitative estimate of drug-likeness (QED) is 0.501. The summed E-state index contributed by atoms with van der Waals surface area (Å²) in [5, 5.41) is 7.48. The van der Waals surface area contributed by atoms with E-state index in [0.29, 0.717) is 18.9 Å². The van der Waals surface area contributed by atoms with E-state index < -0.39 is 5.95 Å². The van der Waals surface area contributed by atoms with Crippen LogP contribution in [-0.4, -0.2) is 29.2 Å². The molecule has 0 amide bonds. The SMILES string of the molecule is CC(C)Oc1ccc2c(NCCNc3cccc(F)n3)ccnc2c1. The Kier molecular flexibility index (Phi) is 5.28. The summed E-state index contributed by atoms with van der Waals surface area (Å²) in [6.07, 6.45) is 1.90. The topological polar surface area (TPSA) is 59.1 Å². The van der Waals surface area contributed by atoms with Gasteiger partial charge in [0.15, 0.2) is 0 Å². The van der Waals surface area contributed by atoms with Crippen molar-refractivity contribution in [3.63, 3.8) is 0 Å². The molecule has 2 heterocycles. The number of hydrogen-bond acceptors (Lipinski definition) is 5. The van der Waals surface area contributed by atoms with Gasteiger partial charge in [-0.3, -0.25) is 4.98 Å². The van der Waals surface area contributed by atoms with Crippen LogP contribution in [0.3, 0.4) is 0 Å². The summed E-state index contributed by atoms with van der Waals surface area (Å²) in [7, 11) is 0. The van der Waals surface area contributed by atoms with E-state index in [2.05, 4.69) is 20.6 Å². The lowest BCUT2D eigenvalue weighted by atomic mass is 10.2. The first-order valence-electron chi connectivity index (χ1n) is 8.27. The monoisotopic (exact) mass is 340 g/mol. The molecule has 0 aliphatic rings. The van der Waals surface area contributed by atoms with Gasteiger partial charge >= 0.3 is 0 Å². The second kappa shape index (κ2) is 7.79. The zero-order chi connectivity index (χ0) is 17.6. The number of aromatic nitrogens is 2. The van der Waals surface area contributed by atoms with Crippen molar-refractivity contribution < 1.29 is 9.13 Å². The van der Waals surface area contributed by atoms with Gasteiger partial charge in [-0.15, -0.1) is 0 Å². The van der Waals surface area contributed by atoms with Crippen LogP contribution in [0.4, 0.5) is 15.9 Å². The Labute approximate surface area is 146 Å². The van der Waals surface area contributed by atoms with Crippen LogP contribution in [0.15, 0.2) is 48.7 Å². The number of nitrogens with one attached hydrogen (secondary N) is 2. The second-order valence-corrected chi connectivity index (χ2v) is 5.90. The van der Waals surface area contributed by atoms with Crippen molar-refractivity contribution in [2.75, 3.05) is 23.7 Å². The maximum Gasteiger partial charge on any atom is 0.214 e. The molecule has 0 saturated heterocycles. The molecule has 2 N–H and O–H groups in total. The van der Waals surface area contributed by atoms with Gasteiger partial charge in [0, 0.05) is 36.4 Å². The van der Waals surface area contributed by atoms with Crippen molar-refractivity contribution >= 4 is 22.4 Å². The predicted molar refractivity (Wildman–Crippen MR) is 98.7 cm³/mol. The summed E-state index contributed by atoms with van der Waals surface area (Å²) >= 11 is 0. The highest BCUT2D eigenvalue weighted by Crippen LogP contribution is 2.25. The van der Waals surface area contributed by atoms with E-state index >= 15 is 0 Å². The largest absolute Gasteiger partial charge is 0.491 e. The molecule has 0 spiro atoms. The van der Waals surface area contributed by atoms with Crippen LogP contribution in [0.25, 0.3) is 10.9 Å². The molecule has 0 saturated carbocycles. The average Bonchev–Trinajstić information content (AvgIpc) is 2.58. The smallest absolute Gasteiger partial charge is 0.214 e. The Morgan fingerprint density at radius 3 is 2.72 bits per heavy atom. The molecule has 3 rings (SSSR count). The Morgan fingerprint density at radius 2 is 1.92 bits per heavy atom. The first kappa shape index (κ1) is 17.0. The molecule has 3 aromatic rings. The van der Waals surface area contributed by atoms with Crippen molar-refractivity contribution in [3.8, 4) is 5.75 Å². The van der Waals surface area contributed by atoms with E-state index in [1.807, 2.05) is 38.1 Å². The van der Waals surface area contributed by atoms with Crippen LogP contribution in [-0.2, 0) is 0 Å². The molecular weight excluding hydrogens is 319 g/mol. The highest BCUT2D eigenvalue weighted by molar-refractivity contribution is 5.91. The number of rotatable bonds is 7. The number of hydrogen-bond donors (Lipinski definition) is 2. The summed E-state index contributed by atoms with van der Waals surface area (Å²) in [5.74, 6) is 0.848. The van der Waals surface area contributed by atoms with Crippen molar-refractivity contribution in [1.82, 2.24) is 9.97 Å². The third-order valence-electron chi connectivity index (χ3n) is 3.55. The van der Waals surface area contributed by atoms with Gasteiger partial charge in [0.2, 0.25) is 5.95 Å². The van der Waals surface area contributed by atoms with Crippen LogP contribution in [0, 0.1) is 5.95 Å². The minimum atomic E-state index is -0.488. The third kappa shape index (κ3) is 4.56. The Balaban J connectivity index is 1.63. The molecule has 0 bridgehead atoms. The molecule has 0 atom stereocenters. The Morgan fingerprint density at radius 1 is 1.08 bits per heavy atom. The standard InChI is InChI=1S/C19H21FN4O/c1-13(2)25-14-6-7-15-16(8-9-21-17(15)12-14)22-10-11-23-19-5-3-4-18(20)24-19/h3-9,12-13H,10-11H2,1-2H3,(H,21,22)(H,23,24). The fourth-order valence-corrected chi connectivity index (χ4v) is 2.52. The van der Waals surface area contributed by atoms with E-state index in [9.17, 15) is 4.39 Å². The van der Waals surface area contributed by atoms with Gasteiger partial charge in [-0.2, -0.15) is 4.39 Å². The lowest BCUT2D eigenvalue weighted by Gasteiger charge is -2.13. The molecule has 0 unspecified atom stereocenters. The number of fused-ring (bicyclic) bond motifs is 1. The van der Waals surface area contributed by atoms with E-state index in [4.69, 9.17) is 4.74 Å². The van der Waals surface area contributed by atoms with Gasteiger partial charge < -0.3 is 15.4 Å². The van der Waals surface area contributed by atoms with E-state index in [1.165, 1.54) is 6.07 Å². The van der Waals surface area contributed by atoms with Crippen LogP contribution in [0.5, 0.6) is 5.75 Å². The van der Waals surface area contributed by atoms with Crippen LogP contribution in [0.2, 0.25) is 0 Å². The molecule has 0 aliphatic heterocycles. The lowest BCUT2D eigenvalue weighted by molar-refractivity contribution is 0.242. The highest BCUT2D eigenvalue weighted by Gasteiger charge is 2.05. The maximum absolute atomic E-state index is 13.0. The summed E-state index contributed by atoms with van der Waals surface area (Å²) < 4.78 is 18.8. The van der Waals surface area contributed by atoms with Gasteiger partial charge in [0.1, 0.15) is 11.6 Å². The average molecular weight is 340 g/mol. The zero-order valence-electron chi connectivity index (χ0n) is 14.3.